The minimum absolute atomic E-state index is 0.198. The van der Waals surface area contributed by atoms with E-state index in [2.05, 4.69) is 4.90 Å². The van der Waals surface area contributed by atoms with Crippen molar-refractivity contribution in [2.75, 3.05) is 32.8 Å². The van der Waals surface area contributed by atoms with Crippen molar-refractivity contribution >= 4 is 5.91 Å². The number of rotatable bonds is 4. The maximum absolute atomic E-state index is 12.0. The molecule has 0 aliphatic carbocycles. The molecular formula is C13H24N2O2. The largest absolute Gasteiger partial charge is 0.396 e. The van der Waals surface area contributed by atoms with Crippen molar-refractivity contribution in [1.82, 2.24) is 9.80 Å². The molecule has 2 heterocycles. The Bertz CT molecular complexity index is 258. The standard InChI is InChI=1S/C13H24N2O2/c16-10-4-2-6-13(17)15-9-8-14-7-3-1-5-12(14)11-15/h12,16H,1-11H2. The molecule has 2 aliphatic heterocycles. The van der Waals surface area contributed by atoms with Crippen LogP contribution in [0.15, 0.2) is 0 Å². The maximum Gasteiger partial charge on any atom is 0.222 e. The van der Waals surface area contributed by atoms with Crippen molar-refractivity contribution in [2.24, 2.45) is 0 Å². The third-order valence-corrected chi connectivity index (χ3v) is 3.99. The van der Waals surface area contributed by atoms with Crippen LogP contribution in [-0.2, 0) is 4.79 Å². The fourth-order valence-electron chi connectivity index (χ4n) is 2.93. The van der Waals surface area contributed by atoms with E-state index in [0.717, 1.165) is 32.5 Å². The van der Waals surface area contributed by atoms with Crippen LogP contribution >= 0.6 is 0 Å². The Labute approximate surface area is 104 Å². The van der Waals surface area contributed by atoms with E-state index in [0.29, 0.717) is 12.5 Å². The van der Waals surface area contributed by atoms with Gasteiger partial charge in [0.05, 0.1) is 0 Å². The molecule has 1 N–H and O–H groups in total. The number of piperazine rings is 1. The number of piperidine rings is 1. The summed E-state index contributed by atoms with van der Waals surface area (Å²) >= 11 is 0. The Morgan fingerprint density at radius 1 is 1.18 bits per heavy atom. The molecule has 2 saturated heterocycles. The molecule has 4 heteroatoms. The lowest BCUT2D eigenvalue weighted by Gasteiger charge is -2.44. The topological polar surface area (TPSA) is 43.8 Å². The Kier molecular flexibility index (Phi) is 4.80. The summed E-state index contributed by atoms with van der Waals surface area (Å²) in [5.41, 5.74) is 0. The highest BCUT2D eigenvalue weighted by molar-refractivity contribution is 5.76. The van der Waals surface area contributed by atoms with Crippen molar-refractivity contribution in [1.29, 1.82) is 0 Å². The van der Waals surface area contributed by atoms with Crippen LogP contribution < -0.4 is 0 Å². The van der Waals surface area contributed by atoms with Gasteiger partial charge in [0.1, 0.15) is 0 Å². The maximum atomic E-state index is 12.0. The second-order valence-corrected chi connectivity index (χ2v) is 5.21. The van der Waals surface area contributed by atoms with Gasteiger partial charge in [-0.05, 0) is 32.2 Å². The normalized spacial score (nSPS) is 25.7. The van der Waals surface area contributed by atoms with Gasteiger partial charge < -0.3 is 10.0 Å². The van der Waals surface area contributed by atoms with Gasteiger partial charge in [-0.25, -0.2) is 0 Å². The lowest BCUT2D eigenvalue weighted by molar-refractivity contribution is -0.134. The molecule has 1 amide bonds. The van der Waals surface area contributed by atoms with E-state index in [1.54, 1.807) is 0 Å². The smallest absolute Gasteiger partial charge is 0.222 e. The van der Waals surface area contributed by atoms with Crippen LogP contribution in [0, 0.1) is 0 Å². The van der Waals surface area contributed by atoms with Crippen LogP contribution in [0.2, 0.25) is 0 Å². The number of unbranched alkanes of at least 4 members (excludes halogenated alkanes) is 1. The van der Waals surface area contributed by atoms with Crippen molar-refractivity contribution in [3.8, 4) is 0 Å². The molecule has 98 valence electrons. The minimum Gasteiger partial charge on any atom is -0.396 e. The first kappa shape index (κ1) is 12.8. The van der Waals surface area contributed by atoms with Gasteiger partial charge in [0, 0.05) is 38.7 Å². The fourth-order valence-corrected chi connectivity index (χ4v) is 2.93. The molecule has 2 rings (SSSR count). The van der Waals surface area contributed by atoms with Crippen molar-refractivity contribution in [3.05, 3.63) is 0 Å². The molecule has 0 saturated carbocycles. The summed E-state index contributed by atoms with van der Waals surface area (Å²) in [6.45, 7) is 4.30. The SMILES string of the molecule is O=C(CCCCO)N1CCN2CCCCC2C1. The van der Waals surface area contributed by atoms with Crippen molar-refractivity contribution < 1.29 is 9.90 Å². The Balaban J connectivity index is 1.76. The van der Waals surface area contributed by atoms with Crippen LogP contribution in [0.3, 0.4) is 0 Å². The number of carbonyl (C=O) groups excluding carboxylic acids is 1. The molecule has 1 atom stereocenters. The van der Waals surface area contributed by atoms with Gasteiger partial charge in [0.2, 0.25) is 5.91 Å². The molecule has 2 fully saturated rings. The summed E-state index contributed by atoms with van der Waals surface area (Å²) in [4.78, 5) is 16.5. The number of fused-ring (bicyclic) bond motifs is 1. The first-order valence-corrected chi connectivity index (χ1v) is 6.94. The average molecular weight is 240 g/mol. The summed E-state index contributed by atoms with van der Waals surface area (Å²) in [5.74, 6) is 0.281. The zero-order valence-corrected chi connectivity index (χ0v) is 10.6. The molecule has 17 heavy (non-hydrogen) atoms. The minimum atomic E-state index is 0.198. The third-order valence-electron chi connectivity index (χ3n) is 3.99. The monoisotopic (exact) mass is 240 g/mol. The van der Waals surface area contributed by atoms with Crippen LogP contribution in [0.25, 0.3) is 0 Å². The van der Waals surface area contributed by atoms with Crippen LogP contribution in [0.5, 0.6) is 0 Å². The summed E-state index contributed by atoms with van der Waals surface area (Å²) < 4.78 is 0. The van der Waals surface area contributed by atoms with E-state index >= 15 is 0 Å². The predicted molar refractivity (Wildman–Crippen MR) is 66.7 cm³/mol. The lowest BCUT2D eigenvalue weighted by Crippen LogP contribution is -2.56. The van der Waals surface area contributed by atoms with Gasteiger partial charge in [0.15, 0.2) is 0 Å². The van der Waals surface area contributed by atoms with Crippen molar-refractivity contribution in [3.63, 3.8) is 0 Å². The second-order valence-electron chi connectivity index (χ2n) is 5.21. The van der Waals surface area contributed by atoms with Gasteiger partial charge in [0.25, 0.3) is 0 Å². The third kappa shape index (κ3) is 3.42. The van der Waals surface area contributed by atoms with Crippen molar-refractivity contribution in [2.45, 2.75) is 44.6 Å². The number of nitrogens with zero attached hydrogens (tertiary/aromatic N) is 2. The molecule has 0 aromatic heterocycles. The lowest BCUT2D eigenvalue weighted by atomic mass is 9.99. The molecule has 0 bridgehead atoms. The molecule has 0 spiro atoms. The van der Waals surface area contributed by atoms with Gasteiger partial charge in [-0.15, -0.1) is 0 Å². The number of amides is 1. The zero-order chi connectivity index (χ0) is 12.1. The highest BCUT2D eigenvalue weighted by atomic mass is 16.3. The fraction of sp³-hybridized carbons (Fsp3) is 0.923. The summed E-state index contributed by atoms with van der Waals surface area (Å²) in [6, 6.07) is 0.610. The van der Waals surface area contributed by atoms with E-state index in [1.165, 1.54) is 25.8 Å². The number of aliphatic hydroxyl groups is 1. The molecule has 0 aromatic rings. The Morgan fingerprint density at radius 2 is 2.06 bits per heavy atom. The van der Waals surface area contributed by atoms with E-state index in [-0.39, 0.29) is 12.5 Å². The number of hydrogen-bond donors (Lipinski definition) is 1. The van der Waals surface area contributed by atoms with Crippen LogP contribution in [0.1, 0.15) is 38.5 Å². The second kappa shape index (κ2) is 6.36. The number of hydrogen-bond acceptors (Lipinski definition) is 3. The van der Waals surface area contributed by atoms with E-state index in [1.807, 2.05) is 4.90 Å². The Hall–Kier alpha value is -0.610. The van der Waals surface area contributed by atoms with Gasteiger partial charge in [-0.2, -0.15) is 0 Å². The van der Waals surface area contributed by atoms with Gasteiger partial charge in [-0.3, -0.25) is 9.69 Å². The van der Waals surface area contributed by atoms with Crippen LogP contribution in [0.4, 0.5) is 0 Å². The van der Waals surface area contributed by atoms with E-state index < -0.39 is 0 Å². The highest BCUT2D eigenvalue weighted by Gasteiger charge is 2.30. The molecular weight excluding hydrogens is 216 g/mol. The molecule has 2 aliphatic rings. The molecule has 1 unspecified atom stereocenters. The van der Waals surface area contributed by atoms with E-state index in [4.69, 9.17) is 5.11 Å². The highest BCUT2D eigenvalue weighted by Crippen LogP contribution is 2.21. The van der Waals surface area contributed by atoms with Crippen LogP contribution in [-0.4, -0.2) is 59.6 Å². The molecule has 4 nitrogen and oxygen atoms in total. The summed E-state index contributed by atoms with van der Waals surface area (Å²) in [7, 11) is 0. The van der Waals surface area contributed by atoms with Gasteiger partial charge >= 0.3 is 0 Å². The molecule has 0 radical (unpaired) electrons. The first-order chi connectivity index (χ1) is 8.31. The number of aliphatic hydroxyl groups excluding tert-OH is 1. The quantitative estimate of drug-likeness (QED) is 0.741. The zero-order valence-electron chi connectivity index (χ0n) is 10.6. The van der Waals surface area contributed by atoms with Gasteiger partial charge in [-0.1, -0.05) is 6.42 Å². The average Bonchev–Trinajstić information content (AvgIpc) is 2.38. The molecule has 0 aromatic carbocycles. The predicted octanol–water partition coefficient (Wildman–Crippen LogP) is 0.846. The van der Waals surface area contributed by atoms with E-state index in [9.17, 15) is 4.79 Å². The number of carbonyl (C=O) groups is 1. The first-order valence-electron chi connectivity index (χ1n) is 6.94. The summed E-state index contributed by atoms with van der Waals surface area (Å²) in [6.07, 6.45) is 6.05. The summed E-state index contributed by atoms with van der Waals surface area (Å²) in [5, 5.41) is 8.71. The Morgan fingerprint density at radius 3 is 2.88 bits per heavy atom.